The normalized spacial score (nSPS) is 6.10. The van der Waals surface area contributed by atoms with Crippen LogP contribution in [0, 0.1) is 0 Å². The highest BCUT2D eigenvalue weighted by molar-refractivity contribution is 7.40. The lowest BCUT2D eigenvalue weighted by molar-refractivity contribution is -0.150. The molecule has 0 bridgehead atoms. The first-order chi connectivity index (χ1) is 3.39. The van der Waals surface area contributed by atoms with Crippen LogP contribution in [0.3, 0.4) is 0 Å². The highest BCUT2D eigenvalue weighted by Crippen LogP contribution is 2.11. The molecule has 10 heavy (non-hydrogen) atoms. The summed E-state index contributed by atoms with van der Waals surface area (Å²) in [6.45, 7) is 0. The summed E-state index contributed by atoms with van der Waals surface area (Å²) in [5, 5.41) is 0. The molecule has 0 aliphatic rings. The lowest BCUT2D eigenvalue weighted by atomic mass is 10.6. The van der Waals surface area contributed by atoms with Crippen molar-refractivity contribution in [2.24, 2.45) is 0 Å². The predicted molar refractivity (Wildman–Crippen MR) is 50.7 cm³/mol. The van der Waals surface area contributed by atoms with Gasteiger partial charge in [-0.25, -0.2) is 0 Å². The number of hydrogen-bond donors (Lipinski definition) is 0. The largest absolute Gasteiger partial charge is 0.626 e. The highest BCUT2D eigenvalue weighted by Gasteiger charge is 1.78. The Morgan fingerprint density at radius 1 is 0.800 bits per heavy atom. The average molecular weight is 221 g/mol. The topological polar surface area (TPSA) is 23.1 Å². The van der Waals surface area contributed by atoms with Gasteiger partial charge < -0.3 is 4.89 Å². The van der Waals surface area contributed by atoms with E-state index in [9.17, 15) is 4.89 Å². The van der Waals surface area contributed by atoms with E-state index in [1.54, 1.807) is 23.7 Å². The van der Waals surface area contributed by atoms with Crippen LogP contribution in [-0.4, -0.2) is 0 Å². The van der Waals surface area contributed by atoms with Gasteiger partial charge in [0, 0.05) is 0 Å². The van der Waals surface area contributed by atoms with E-state index in [1.807, 2.05) is 6.07 Å². The standard InChI is InChI=1S/C5H5OP.3ClH/c6-7-4-2-1-3-5-7;;;/h1-5H;3*1H. The van der Waals surface area contributed by atoms with Gasteiger partial charge in [0.1, 0.15) is 11.6 Å². The second-order valence-corrected chi connectivity index (χ2v) is 2.55. The molecular weight excluding hydrogens is 213 g/mol. The SMILES string of the molecule is Cl.Cl.Cl.[O-][p+]1ccccc1. The molecule has 5 heteroatoms. The molecule has 1 aromatic rings. The van der Waals surface area contributed by atoms with Gasteiger partial charge in [-0.05, 0) is 12.1 Å². The Bertz CT molecular complexity index is 147. The third-order valence-corrected chi connectivity index (χ3v) is 1.62. The molecule has 0 radical (unpaired) electrons. The van der Waals surface area contributed by atoms with Crippen LogP contribution in [0.2, 0.25) is 0 Å². The molecule has 0 spiro atoms. The smallest absolute Gasteiger partial charge is 0.109 e. The fourth-order valence-corrected chi connectivity index (χ4v) is 1.02. The van der Waals surface area contributed by atoms with Crippen molar-refractivity contribution < 1.29 is 4.89 Å². The summed E-state index contributed by atoms with van der Waals surface area (Å²) >= 11 is 0. The fourth-order valence-electron chi connectivity index (χ4n) is 0.383. The summed E-state index contributed by atoms with van der Waals surface area (Å²) in [5.41, 5.74) is 0. The summed E-state index contributed by atoms with van der Waals surface area (Å²) in [5.74, 6) is 3.35. The van der Waals surface area contributed by atoms with E-state index in [-0.39, 0.29) is 37.2 Å². The molecule has 0 aromatic carbocycles. The van der Waals surface area contributed by atoms with Gasteiger partial charge in [-0.3, -0.25) is 0 Å². The van der Waals surface area contributed by atoms with Crippen molar-refractivity contribution in [2.75, 3.05) is 0 Å². The zero-order chi connectivity index (χ0) is 5.11. The average Bonchev–Trinajstić information content (AvgIpc) is 1.69. The van der Waals surface area contributed by atoms with Gasteiger partial charge in [-0.1, -0.05) is 6.07 Å². The molecule has 0 aliphatic heterocycles. The van der Waals surface area contributed by atoms with Crippen molar-refractivity contribution in [1.29, 1.82) is 0 Å². The molecule has 0 aliphatic carbocycles. The van der Waals surface area contributed by atoms with E-state index in [1.165, 1.54) is 0 Å². The lowest BCUT2D eigenvalue weighted by Crippen LogP contribution is -1.78. The lowest BCUT2D eigenvalue weighted by Gasteiger charge is -1.81. The Hall–Kier alpha value is 0.480. The van der Waals surface area contributed by atoms with Crippen LogP contribution in [0.25, 0.3) is 0 Å². The van der Waals surface area contributed by atoms with Crippen LogP contribution in [0.1, 0.15) is 0 Å². The zero-order valence-corrected chi connectivity index (χ0v) is 8.31. The van der Waals surface area contributed by atoms with Gasteiger partial charge in [0.2, 0.25) is 0 Å². The number of halogens is 3. The molecule has 0 amide bonds. The van der Waals surface area contributed by atoms with Crippen LogP contribution in [0.4, 0.5) is 0 Å². The Balaban J connectivity index is -0.000000163. The molecule has 0 atom stereocenters. The van der Waals surface area contributed by atoms with Gasteiger partial charge in [0.05, 0.1) is 7.76 Å². The maximum Gasteiger partial charge on any atom is 0.109 e. The van der Waals surface area contributed by atoms with Crippen molar-refractivity contribution in [3.05, 3.63) is 29.8 Å². The van der Waals surface area contributed by atoms with Crippen LogP contribution < -0.4 is 4.89 Å². The van der Waals surface area contributed by atoms with Crippen molar-refractivity contribution >= 4 is 45.0 Å². The number of rotatable bonds is 0. The summed E-state index contributed by atoms with van der Waals surface area (Å²) in [6.07, 6.45) is 0. The Kier molecular flexibility index (Phi) is 16.0. The summed E-state index contributed by atoms with van der Waals surface area (Å²) in [4.78, 5) is 10.4. The van der Waals surface area contributed by atoms with Crippen LogP contribution >= 0.6 is 45.0 Å². The molecule has 1 aromatic heterocycles. The van der Waals surface area contributed by atoms with Crippen LogP contribution in [0.5, 0.6) is 0 Å². The monoisotopic (exact) mass is 220 g/mol. The van der Waals surface area contributed by atoms with Gasteiger partial charge in [0.15, 0.2) is 0 Å². The second kappa shape index (κ2) is 9.48. The zero-order valence-electron chi connectivity index (χ0n) is 4.97. The molecule has 1 rings (SSSR count). The molecule has 60 valence electrons. The Morgan fingerprint density at radius 2 is 1.20 bits per heavy atom. The van der Waals surface area contributed by atoms with E-state index in [0.717, 1.165) is 0 Å². The minimum absolute atomic E-state index is 0. The third kappa shape index (κ3) is 6.60. The minimum Gasteiger partial charge on any atom is -0.626 e. The minimum atomic E-state index is -1.13. The third-order valence-electron chi connectivity index (χ3n) is 0.688. The highest BCUT2D eigenvalue weighted by atomic mass is 35.5. The van der Waals surface area contributed by atoms with Crippen molar-refractivity contribution in [2.45, 2.75) is 0 Å². The van der Waals surface area contributed by atoms with Gasteiger partial charge >= 0.3 is 0 Å². The van der Waals surface area contributed by atoms with Gasteiger partial charge in [0.25, 0.3) is 0 Å². The first-order valence-electron chi connectivity index (χ1n) is 2.03. The summed E-state index contributed by atoms with van der Waals surface area (Å²) in [7, 11) is -1.13. The van der Waals surface area contributed by atoms with Gasteiger partial charge in [-0.2, -0.15) is 0 Å². The first kappa shape index (κ1) is 16.8. The quantitative estimate of drug-likeness (QED) is 0.659. The van der Waals surface area contributed by atoms with Crippen LogP contribution in [-0.2, 0) is 0 Å². The maximum atomic E-state index is 10.4. The summed E-state index contributed by atoms with van der Waals surface area (Å²) < 4.78 is 0. The maximum absolute atomic E-state index is 10.4. The predicted octanol–water partition coefficient (Wildman–Crippen LogP) is 2.34. The molecule has 0 saturated carbocycles. The van der Waals surface area contributed by atoms with E-state index in [0.29, 0.717) is 0 Å². The van der Waals surface area contributed by atoms with Gasteiger partial charge in [-0.15, -0.1) is 37.2 Å². The van der Waals surface area contributed by atoms with Crippen molar-refractivity contribution in [1.82, 2.24) is 0 Å². The molecule has 1 heterocycles. The molecule has 0 N–H and O–H groups in total. The Morgan fingerprint density at radius 3 is 1.40 bits per heavy atom. The molecule has 0 unspecified atom stereocenters. The number of hydrogen-bond acceptors (Lipinski definition) is 1. The van der Waals surface area contributed by atoms with Crippen molar-refractivity contribution in [3.63, 3.8) is 0 Å². The Labute approximate surface area is 79.9 Å². The molecular formula is C5H8Cl3OP. The van der Waals surface area contributed by atoms with E-state index < -0.39 is 7.76 Å². The van der Waals surface area contributed by atoms with Crippen LogP contribution in [0.15, 0.2) is 29.8 Å². The molecule has 0 fully saturated rings. The fraction of sp³-hybridized carbons (Fsp3) is 0. The first-order valence-corrected chi connectivity index (χ1v) is 3.43. The van der Waals surface area contributed by atoms with E-state index in [2.05, 4.69) is 0 Å². The second-order valence-electron chi connectivity index (χ2n) is 1.24. The van der Waals surface area contributed by atoms with E-state index in [4.69, 9.17) is 0 Å². The van der Waals surface area contributed by atoms with E-state index >= 15 is 0 Å². The molecule has 1 nitrogen and oxygen atoms in total. The molecule has 0 saturated heterocycles. The van der Waals surface area contributed by atoms with Crippen molar-refractivity contribution in [3.8, 4) is 0 Å². The summed E-state index contributed by atoms with van der Waals surface area (Å²) in [6, 6.07) is 5.44.